The lowest BCUT2D eigenvalue weighted by Gasteiger charge is -2.34. The molecule has 0 saturated heterocycles. The molecule has 0 atom stereocenters. The Morgan fingerprint density at radius 2 is 1.26 bits per heavy atom. The number of terminal acetylenes is 2. The zero-order valence-corrected chi connectivity index (χ0v) is 19.8. The third-order valence-electron chi connectivity index (χ3n) is 6.75. The van der Waals surface area contributed by atoms with E-state index in [2.05, 4.69) is 97.6 Å². The lowest BCUT2D eigenvalue weighted by Crippen LogP contribution is -2.28. The van der Waals surface area contributed by atoms with E-state index in [0.717, 1.165) is 23.5 Å². The Morgan fingerprint density at radius 3 is 1.86 bits per heavy atom. The number of aryl methyl sites for hydroxylation is 1. The first-order valence-corrected chi connectivity index (χ1v) is 11.8. The van der Waals surface area contributed by atoms with Crippen molar-refractivity contribution < 1.29 is 9.47 Å². The topological polar surface area (TPSA) is 18.5 Å². The van der Waals surface area contributed by atoms with E-state index in [4.69, 9.17) is 22.3 Å². The second kappa shape index (κ2) is 9.46. The highest BCUT2D eigenvalue weighted by Crippen LogP contribution is 2.56. The molecule has 0 fully saturated rings. The molecule has 35 heavy (non-hydrogen) atoms. The Hall–Kier alpha value is -4.40. The molecule has 4 aromatic rings. The molecule has 0 saturated carbocycles. The molecule has 170 valence electrons. The molecule has 0 heterocycles. The van der Waals surface area contributed by atoms with Gasteiger partial charge in [0.1, 0.15) is 24.7 Å². The molecular weight excluding hydrogens is 428 g/mol. The molecule has 1 aliphatic rings. The third kappa shape index (κ3) is 3.65. The fourth-order valence-electron chi connectivity index (χ4n) is 5.30. The van der Waals surface area contributed by atoms with Crippen LogP contribution in [0.2, 0.25) is 0 Å². The standard InChI is InChI=1S/C33H26O2/c1-4-21-34-27-18-15-25(16-19-27)33(26-17-20-32(35-22-5-2)24(6-3)23-26)30-13-9-7-11-28(30)29-12-8-10-14-31(29)33/h1-2,7-20,23H,6,21-22H2,3H3. The van der Waals surface area contributed by atoms with Crippen LogP contribution in [0.3, 0.4) is 0 Å². The Kier molecular flexibility index (Phi) is 6.05. The molecule has 0 aromatic heterocycles. The lowest BCUT2D eigenvalue weighted by atomic mass is 9.67. The van der Waals surface area contributed by atoms with Crippen LogP contribution in [-0.2, 0) is 11.8 Å². The van der Waals surface area contributed by atoms with Gasteiger partial charge < -0.3 is 9.47 Å². The van der Waals surface area contributed by atoms with Crippen LogP contribution in [0.25, 0.3) is 11.1 Å². The minimum atomic E-state index is -0.480. The molecule has 0 N–H and O–H groups in total. The zero-order valence-electron chi connectivity index (χ0n) is 19.8. The second-order valence-corrected chi connectivity index (χ2v) is 8.53. The zero-order chi connectivity index (χ0) is 24.3. The predicted octanol–water partition coefficient (Wildman–Crippen LogP) is 6.64. The molecular formula is C33H26O2. The van der Waals surface area contributed by atoms with Gasteiger partial charge in [-0.05, 0) is 63.6 Å². The molecule has 0 aliphatic heterocycles. The summed E-state index contributed by atoms with van der Waals surface area (Å²) in [7, 11) is 0. The quantitative estimate of drug-likeness (QED) is 0.257. The van der Waals surface area contributed by atoms with Gasteiger partial charge >= 0.3 is 0 Å². The van der Waals surface area contributed by atoms with Gasteiger partial charge in [-0.3, -0.25) is 0 Å². The van der Waals surface area contributed by atoms with Crippen LogP contribution in [0.1, 0.15) is 34.7 Å². The van der Waals surface area contributed by atoms with Gasteiger partial charge in [-0.1, -0.05) is 91.6 Å². The van der Waals surface area contributed by atoms with Crippen LogP contribution in [0, 0.1) is 24.7 Å². The molecule has 4 aromatic carbocycles. The van der Waals surface area contributed by atoms with Gasteiger partial charge in [0.05, 0.1) is 5.41 Å². The van der Waals surface area contributed by atoms with E-state index in [9.17, 15) is 0 Å². The van der Waals surface area contributed by atoms with E-state index in [0.29, 0.717) is 0 Å². The number of fused-ring (bicyclic) bond motifs is 3. The molecule has 0 spiro atoms. The van der Waals surface area contributed by atoms with Crippen LogP contribution in [-0.4, -0.2) is 13.2 Å². The van der Waals surface area contributed by atoms with Crippen molar-refractivity contribution in [2.24, 2.45) is 0 Å². The summed E-state index contributed by atoms with van der Waals surface area (Å²) in [6, 6.07) is 32.2. The van der Waals surface area contributed by atoms with Crippen LogP contribution in [0.4, 0.5) is 0 Å². The van der Waals surface area contributed by atoms with E-state index < -0.39 is 5.41 Å². The minimum absolute atomic E-state index is 0.245. The Balaban J connectivity index is 1.78. The van der Waals surface area contributed by atoms with Gasteiger partial charge in [-0.2, -0.15) is 0 Å². The van der Waals surface area contributed by atoms with Crippen molar-refractivity contribution in [3.8, 4) is 47.3 Å². The number of hydrogen-bond donors (Lipinski definition) is 0. The summed E-state index contributed by atoms with van der Waals surface area (Å²) in [5.41, 5.74) is 8.04. The van der Waals surface area contributed by atoms with Crippen molar-refractivity contribution >= 4 is 0 Å². The van der Waals surface area contributed by atoms with Crippen molar-refractivity contribution in [2.75, 3.05) is 13.2 Å². The summed E-state index contributed by atoms with van der Waals surface area (Å²) < 4.78 is 11.5. The highest BCUT2D eigenvalue weighted by molar-refractivity contribution is 5.86. The van der Waals surface area contributed by atoms with Crippen molar-refractivity contribution in [3.05, 3.63) is 119 Å². The third-order valence-corrected chi connectivity index (χ3v) is 6.75. The number of ether oxygens (including phenoxy) is 2. The van der Waals surface area contributed by atoms with E-state index in [1.807, 2.05) is 12.1 Å². The van der Waals surface area contributed by atoms with E-state index in [1.165, 1.54) is 33.4 Å². The molecule has 1 aliphatic carbocycles. The van der Waals surface area contributed by atoms with E-state index in [-0.39, 0.29) is 13.2 Å². The number of benzene rings is 4. The fourth-order valence-corrected chi connectivity index (χ4v) is 5.30. The maximum absolute atomic E-state index is 5.86. The second-order valence-electron chi connectivity index (χ2n) is 8.53. The molecule has 0 radical (unpaired) electrons. The average molecular weight is 455 g/mol. The SMILES string of the molecule is C#CCOc1ccc(C2(c3ccc(OCC#C)c(CC)c3)c3ccccc3-c3ccccc32)cc1. The molecule has 0 unspecified atom stereocenters. The normalized spacial score (nSPS) is 12.7. The summed E-state index contributed by atoms with van der Waals surface area (Å²) in [5.74, 6) is 6.69. The Bertz CT molecular complexity index is 1400. The van der Waals surface area contributed by atoms with Crippen LogP contribution >= 0.6 is 0 Å². The van der Waals surface area contributed by atoms with Gasteiger partial charge in [-0.15, -0.1) is 12.8 Å². The number of hydrogen-bond acceptors (Lipinski definition) is 2. The monoisotopic (exact) mass is 454 g/mol. The van der Waals surface area contributed by atoms with Crippen molar-refractivity contribution in [2.45, 2.75) is 18.8 Å². The van der Waals surface area contributed by atoms with Crippen molar-refractivity contribution in [1.29, 1.82) is 0 Å². The Morgan fingerprint density at radius 1 is 0.686 bits per heavy atom. The maximum Gasteiger partial charge on any atom is 0.148 e. The summed E-state index contributed by atoms with van der Waals surface area (Å²) in [6.45, 7) is 2.64. The molecule has 2 heteroatoms. The van der Waals surface area contributed by atoms with Crippen LogP contribution in [0.15, 0.2) is 91.0 Å². The summed E-state index contributed by atoms with van der Waals surface area (Å²) in [5, 5.41) is 0. The summed E-state index contributed by atoms with van der Waals surface area (Å²) in [6.07, 6.45) is 11.7. The first kappa shape index (κ1) is 22.4. The largest absolute Gasteiger partial charge is 0.481 e. The molecule has 0 bridgehead atoms. The average Bonchev–Trinajstić information content (AvgIpc) is 3.22. The van der Waals surface area contributed by atoms with Crippen LogP contribution < -0.4 is 9.47 Å². The first-order valence-electron chi connectivity index (χ1n) is 11.8. The maximum atomic E-state index is 5.86. The highest BCUT2D eigenvalue weighted by atomic mass is 16.5. The van der Waals surface area contributed by atoms with Gasteiger partial charge in [-0.25, -0.2) is 0 Å². The molecule has 5 rings (SSSR count). The molecule has 0 amide bonds. The van der Waals surface area contributed by atoms with Crippen molar-refractivity contribution in [1.82, 2.24) is 0 Å². The highest BCUT2D eigenvalue weighted by Gasteiger charge is 2.46. The summed E-state index contributed by atoms with van der Waals surface area (Å²) >= 11 is 0. The van der Waals surface area contributed by atoms with E-state index >= 15 is 0 Å². The molecule has 2 nitrogen and oxygen atoms in total. The van der Waals surface area contributed by atoms with Gasteiger partial charge in [0.15, 0.2) is 0 Å². The summed E-state index contributed by atoms with van der Waals surface area (Å²) in [4.78, 5) is 0. The predicted molar refractivity (Wildman–Crippen MR) is 142 cm³/mol. The van der Waals surface area contributed by atoms with Crippen LogP contribution in [0.5, 0.6) is 11.5 Å². The van der Waals surface area contributed by atoms with Gasteiger partial charge in [0, 0.05) is 0 Å². The van der Waals surface area contributed by atoms with E-state index in [1.54, 1.807) is 0 Å². The van der Waals surface area contributed by atoms with Gasteiger partial charge in [0.25, 0.3) is 0 Å². The number of rotatable bonds is 7. The lowest BCUT2D eigenvalue weighted by molar-refractivity contribution is 0.366. The fraction of sp³-hybridized carbons (Fsp3) is 0.152. The van der Waals surface area contributed by atoms with Gasteiger partial charge in [0.2, 0.25) is 0 Å². The first-order chi connectivity index (χ1) is 17.2. The van der Waals surface area contributed by atoms with Crippen molar-refractivity contribution in [3.63, 3.8) is 0 Å². The smallest absolute Gasteiger partial charge is 0.148 e. The minimum Gasteiger partial charge on any atom is -0.481 e. The Labute approximate surface area is 207 Å².